The number of phenolic OH excluding ortho intramolecular Hbond substituents is 1. The second-order valence-electron chi connectivity index (χ2n) is 10.9. The van der Waals surface area contributed by atoms with Crippen molar-refractivity contribution in [1.82, 2.24) is 9.80 Å². The van der Waals surface area contributed by atoms with E-state index in [1.165, 1.54) is 37.7 Å². The molecule has 1 aromatic rings. The van der Waals surface area contributed by atoms with Crippen LogP contribution in [0.5, 0.6) is 5.75 Å². The van der Waals surface area contributed by atoms with Crippen LogP contribution in [0.3, 0.4) is 0 Å². The summed E-state index contributed by atoms with van der Waals surface area (Å²) in [6.07, 6.45) is 9.06. The molecule has 0 radical (unpaired) electrons. The van der Waals surface area contributed by atoms with Crippen LogP contribution in [0.25, 0.3) is 0 Å². The molecule has 1 aliphatic heterocycles. The molecule has 0 bridgehead atoms. The monoisotopic (exact) mass is 490 g/mol. The maximum atomic E-state index is 12.9. The van der Waals surface area contributed by atoms with Crippen molar-refractivity contribution in [2.45, 2.75) is 83.5 Å². The van der Waals surface area contributed by atoms with E-state index in [1.807, 2.05) is 17.0 Å². The van der Waals surface area contributed by atoms with E-state index in [4.69, 9.17) is 5.11 Å². The van der Waals surface area contributed by atoms with Gasteiger partial charge in [0.05, 0.1) is 0 Å². The van der Waals surface area contributed by atoms with Crippen molar-refractivity contribution in [2.24, 2.45) is 11.8 Å². The predicted molar refractivity (Wildman–Crippen MR) is 139 cm³/mol. The Labute approximate surface area is 210 Å². The fourth-order valence-electron chi connectivity index (χ4n) is 5.84. The van der Waals surface area contributed by atoms with Crippen molar-refractivity contribution in [2.75, 3.05) is 32.7 Å². The molecular weight excluding hydrogens is 444 g/mol. The number of aliphatic carboxylic acids is 1. The highest BCUT2D eigenvalue weighted by Gasteiger charge is 2.38. The number of amides is 1. The molecule has 4 N–H and O–H groups in total. The zero-order chi connectivity index (χ0) is 24.6. The van der Waals surface area contributed by atoms with Crippen LogP contribution in [0.4, 0.5) is 0 Å². The molecule has 7 nitrogen and oxygen atoms in total. The first-order valence-electron chi connectivity index (χ1n) is 13.3. The molecule has 2 atom stereocenters. The summed E-state index contributed by atoms with van der Waals surface area (Å²) in [4.78, 5) is 28.3. The summed E-state index contributed by atoms with van der Waals surface area (Å²) >= 11 is 0. The minimum absolute atomic E-state index is 0. The average Bonchev–Trinajstić information content (AvgIpc) is 2.81. The third-order valence-electron chi connectivity index (χ3n) is 8.31. The molecule has 1 heterocycles. The lowest BCUT2D eigenvalue weighted by molar-refractivity contribution is -0.137. The molecule has 2 unspecified atom stereocenters. The van der Waals surface area contributed by atoms with Gasteiger partial charge in [0.15, 0.2) is 0 Å². The van der Waals surface area contributed by atoms with Crippen molar-refractivity contribution in [1.29, 1.82) is 0 Å². The first kappa shape index (κ1) is 29.1. The van der Waals surface area contributed by atoms with E-state index in [9.17, 15) is 14.7 Å². The number of nitrogens with zero attached hydrogens (tertiary/aromatic N) is 2. The minimum atomic E-state index is -0.830. The first-order valence-corrected chi connectivity index (χ1v) is 13.3. The summed E-state index contributed by atoms with van der Waals surface area (Å²) in [7, 11) is 0. The minimum Gasteiger partial charge on any atom is -0.508 e. The van der Waals surface area contributed by atoms with E-state index in [2.05, 4.69) is 24.8 Å². The highest BCUT2D eigenvalue weighted by atomic mass is 16.4. The molecule has 35 heavy (non-hydrogen) atoms. The van der Waals surface area contributed by atoms with E-state index in [-0.39, 0.29) is 23.2 Å². The standard InChI is InChI=1S/C28H44N2O4.H2O/c1-22-20-29(18-15-28(22,2)24-11-6-12-25(31)19-24)16-8-17-30(21-23-9-4-3-5-10-23)26(32)13-7-14-27(33)34;/h6,11-12,19,22-23,31H,3-5,7-10,13-18,20-21H2,1-2H3,(H,33,34);1H2. The summed E-state index contributed by atoms with van der Waals surface area (Å²) in [5, 5.41) is 18.8. The highest BCUT2D eigenvalue weighted by molar-refractivity contribution is 5.77. The molecule has 1 saturated heterocycles. The van der Waals surface area contributed by atoms with Crippen LogP contribution in [0.1, 0.15) is 83.6 Å². The normalized spacial score (nSPS) is 23.4. The number of benzene rings is 1. The van der Waals surface area contributed by atoms with Crippen molar-refractivity contribution < 1.29 is 25.3 Å². The number of carbonyl (C=O) groups excluding carboxylic acids is 1. The van der Waals surface area contributed by atoms with Crippen LogP contribution in [0.15, 0.2) is 24.3 Å². The van der Waals surface area contributed by atoms with E-state index < -0.39 is 5.97 Å². The lowest BCUT2D eigenvalue weighted by atomic mass is 9.68. The fraction of sp³-hybridized carbons (Fsp3) is 0.714. The van der Waals surface area contributed by atoms with Crippen molar-refractivity contribution >= 4 is 11.9 Å². The molecule has 1 saturated carbocycles. The second-order valence-corrected chi connectivity index (χ2v) is 10.9. The number of hydrogen-bond donors (Lipinski definition) is 2. The Balaban J connectivity index is 0.00000432. The fourth-order valence-corrected chi connectivity index (χ4v) is 5.84. The number of aromatic hydroxyl groups is 1. The van der Waals surface area contributed by atoms with E-state index >= 15 is 0 Å². The van der Waals surface area contributed by atoms with Gasteiger partial charge in [0.25, 0.3) is 0 Å². The molecule has 3 rings (SSSR count). The van der Waals surface area contributed by atoms with Gasteiger partial charge in [0.1, 0.15) is 5.75 Å². The Morgan fingerprint density at radius 1 is 1.14 bits per heavy atom. The predicted octanol–water partition coefficient (Wildman–Crippen LogP) is 4.22. The van der Waals surface area contributed by atoms with Gasteiger partial charge in [-0.25, -0.2) is 0 Å². The third kappa shape index (κ3) is 8.50. The third-order valence-corrected chi connectivity index (χ3v) is 8.31. The molecule has 7 heteroatoms. The van der Waals surface area contributed by atoms with Gasteiger partial charge < -0.3 is 25.5 Å². The molecule has 0 aromatic heterocycles. The van der Waals surface area contributed by atoms with Gasteiger partial charge in [0, 0.05) is 32.5 Å². The van der Waals surface area contributed by atoms with Gasteiger partial charge >= 0.3 is 5.97 Å². The number of likely N-dealkylation sites (tertiary alicyclic amines) is 1. The molecular formula is C28H46N2O5. The van der Waals surface area contributed by atoms with Crippen LogP contribution in [-0.2, 0) is 15.0 Å². The smallest absolute Gasteiger partial charge is 0.303 e. The van der Waals surface area contributed by atoms with Gasteiger partial charge in [0.2, 0.25) is 5.91 Å². The molecule has 2 fully saturated rings. The number of piperidine rings is 1. The zero-order valence-electron chi connectivity index (χ0n) is 21.7. The number of rotatable bonds is 11. The van der Waals surface area contributed by atoms with Crippen molar-refractivity contribution in [3.8, 4) is 5.75 Å². The van der Waals surface area contributed by atoms with Crippen LogP contribution >= 0.6 is 0 Å². The largest absolute Gasteiger partial charge is 0.508 e. The topological polar surface area (TPSA) is 113 Å². The summed E-state index contributed by atoms with van der Waals surface area (Å²) < 4.78 is 0. The number of carboxylic acid groups (broad SMARTS) is 1. The van der Waals surface area contributed by atoms with Gasteiger partial charge in [-0.15, -0.1) is 0 Å². The van der Waals surface area contributed by atoms with Crippen LogP contribution in [0, 0.1) is 11.8 Å². The van der Waals surface area contributed by atoms with Crippen LogP contribution in [0.2, 0.25) is 0 Å². The van der Waals surface area contributed by atoms with E-state index in [0.29, 0.717) is 30.4 Å². The van der Waals surface area contributed by atoms with Crippen LogP contribution < -0.4 is 0 Å². The summed E-state index contributed by atoms with van der Waals surface area (Å²) in [6.45, 7) is 9.22. The molecule has 198 valence electrons. The van der Waals surface area contributed by atoms with Crippen LogP contribution in [-0.4, -0.2) is 70.1 Å². The molecule has 1 aliphatic carbocycles. The van der Waals surface area contributed by atoms with Crippen molar-refractivity contribution in [3.05, 3.63) is 29.8 Å². The zero-order valence-corrected chi connectivity index (χ0v) is 21.7. The molecule has 2 aliphatic rings. The summed E-state index contributed by atoms with van der Waals surface area (Å²) in [5.41, 5.74) is 1.27. The van der Waals surface area contributed by atoms with Gasteiger partial charge in [-0.05, 0) is 80.1 Å². The molecule has 1 aromatic carbocycles. The lowest BCUT2D eigenvalue weighted by Gasteiger charge is -2.45. The Morgan fingerprint density at radius 2 is 1.89 bits per heavy atom. The quantitative estimate of drug-likeness (QED) is 0.482. The van der Waals surface area contributed by atoms with E-state index in [1.54, 1.807) is 6.07 Å². The maximum Gasteiger partial charge on any atom is 0.303 e. The van der Waals surface area contributed by atoms with E-state index in [0.717, 1.165) is 45.6 Å². The Morgan fingerprint density at radius 3 is 2.54 bits per heavy atom. The molecule has 1 amide bonds. The van der Waals surface area contributed by atoms with Gasteiger partial charge in [-0.3, -0.25) is 9.59 Å². The average molecular weight is 491 g/mol. The molecule has 0 spiro atoms. The first-order chi connectivity index (χ1) is 16.3. The maximum absolute atomic E-state index is 12.9. The SMILES string of the molecule is CC1CN(CCCN(CC2CCCCC2)C(=O)CCCC(=O)O)CCC1(C)c1cccc(O)c1.O. The Kier molecular flexibility index (Phi) is 11.5. The number of carboxylic acids is 1. The summed E-state index contributed by atoms with van der Waals surface area (Å²) in [5.74, 6) is 0.688. The number of phenols is 1. The lowest BCUT2D eigenvalue weighted by Crippen LogP contribution is -2.48. The second kappa shape index (κ2) is 13.8. The number of hydrogen-bond acceptors (Lipinski definition) is 4. The van der Waals surface area contributed by atoms with Gasteiger partial charge in [-0.1, -0.05) is 45.2 Å². The van der Waals surface area contributed by atoms with Crippen molar-refractivity contribution in [3.63, 3.8) is 0 Å². The Hall–Kier alpha value is -2.12. The highest BCUT2D eigenvalue weighted by Crippen LogP contribution is 2.40. The summed E-state index contributed by atoms with van der Waals surface area (Å²) in [6, 6.07) is 7.70. The Bertz CT molecular complexity index is 810. The number of carbonyl (C=O) groups is 2. The van der Waals surface area contributed by atoms with Gasteiger partial charge in [-0.2, -0.15) is 0 Å².